The molecule has 57 heavy (non-hydrogen) atoms. The SMILES string of the molecule is CC12/C(=C3/CC4N(c5ccccc5)c5nc6ccccc6nc5N4c4ccccc43)C1(C)C1N(c3ccccc3)c3cc4ccccc4cc3N1c1ccccc12. The van der Waals surface area contributed by atoms with Crippen molar-refractivity contribution in [1.82, 2.24) is 9.97 Å². The smallest absolute Gasteiger partial charge is 0.179 e. The molecule has 1 aromatic heterocycles. The monoisotopic (exact) mass is 734 g/mol. The summed E-state index contributed by atoms with van der Waals surface area (Å²) < 4.78 is 0. The Hall–Kier alpha value is -6.92. The molecule has 6 heteroatoms. The van der Waals surface area contributed by atoms with Crippen LogP contribution in [0.1, 0.15) is 31.4 Å². The Morgan fingerprint density at radius 2 is 1.02 bits per heavy atom. The van der Waals surface area contributed by atoms with Gasteiger partial charge in [0.1, 0.15) is 12.3 Å². The van der Waals surface area contributed by atoms with E-state index in [-0.39, 0.29) is 23.2 Å². The number of para-hydroxylation sites is 6. The molecule has 5 heterocycles. The van der Waals surface area contributed by atoms with E-state index in [1.54, 1.807) is 0 Å². The number of nitrogens with zero attached hydrogens (tertiary/aromatic N) is 6. The molecule has 0 saturated heterocycles. The van der Waals surface area contributed by atoms with Crippen LogP contribution >= 0.6 is 0 Å². The van der Waals surface area contributed by atoms with Crippen LogP contribution in [0.15, 0.2) is 175 Å². The van der Waals surface area contributed by atoms with Gasteiger partial charge in [-0.25, -0.2) is 9.97 Å². The average Bonchev–Trinajstić information content (AvgIpc) is 3.46. The third-order valence-electron chi connectivity index (χ3n) is 13.9. The molecule has 1 saturated carbocycles. The van der Waals surface area contributed by atoms with Crippen molar-refractivity contribution in [3.05, 3.63) is 187 Å². The number of fused-ring (bicyclic) bond motifs is 15. The number of rotatable bonds is 2. The highest BCUT2D eigenvalue weighted by atomic mass is 15.5. The Bertz CT molecular complexity index is 3030. The van der Waals surface area contributed by atoms with E-state index in [0.717, 1.165) is 34.8 Å². The highest BCUT2D eigenvalue weighted by Gasteiger charge is 2.78. The fraction of sp³-hybridized carbons (Fsp3) is 0.137. The predicted octanol–water partition coefficient (Wildman–Crippen LogP) is 12.2. The van der Waals surface area contributed by atoms with E-state index in [0.29, 0.717) is 0 Å². The Morgan fingerprint density at radius 3 is 1.70 bits per heavy atom. The van der Waals surface area contributed by atoms with E-state index in [4.69, 9.17) is 9.97 Å². The summed E-state index contributed by atoms with van der Waals surface area (Å²) in [5.74, 6) is 1.82. The van der Waals surface area contributed by atoms with Crippen LogP contribution in [0.3, 0.4) is 0 Å². The minimum atomic E-state index is -0.249. The van der Waals surface area contributed by atoms with Gasteiger partial charge in [-0.15, -0.1) is 0 Å². The Balaban J connectivity index is 1.08. The van der Waals surface area contributed by atoms with Crippen molar-refractivity contribution in [3.63, 3.8) is 0 Å². The molecule has 1 fully saturated rings. The molecule has 0 N–H and O–H groups in total. The zero-order chi connectivity index (χ0) is 37.6. The van der Waals surface area contributed by atoms with Gasteiger partial charge < -0.3 is 19.6 Å². The molecular formula is C51H38N6. The van der Waals surface area contributed by atoms with Gasteiger partial charge in [0, 0.05) is 39.9 Å². The van der Waals surface area contributed by atoms with Crippen molar-refractivity contribution in [3.8, 4) is 0 Å². The first kappa shape index (κ1) is 31.3. The van der Waals surface area contributed by atoms with Gasteiger partial charge in [0.25, 0.3) is 0 Å². The lowest BCUT2D eigenvalue weighted by molar-refractivity contribution is 0.377. The van der Waals surface area contributed by atoms with Crippen LogP contribution in [-0.2, 0) is 5.41 Å². The average molecular weight is 735 g/mol. The van der Waals surface area contributed by atoms with Gasteiger partial charge in [-0.3, -0.25) is 0 Å². The van der Waals surface area contributed by atoms with Gasteiger partial charge in [-0.2, -0.15) is 0 Å². The Morgan fingerprint density at radius 1 is 0.491 bits per heavy atom. The van der Waals surface area contributed by atoms with Gasteiger partial charge >= 0.3 is 0 Å². The summed E-state index contributed by atoms with van der Waals surface area (Å²) in [4.78, 5) is 20.9. The first-order chi connectivity index (χ1) is 28.1. The fourth-order valence-electron chi connectivity index (χ4n) is 11.4. The molecule has 1 aliphatic carbocycles. The van der Waals surface area contributed by atoms with Crippen molar-refractivity contribution in [2.45, 2.75) is 38.0 Å². The van der Waals surface area contributed by atoms with E-state index in [9.17, 15) is 0 Å². The summed E-state index contributed by atoms with van der Waals surface area (Å²) in [6.07, 6.45) is 0.783. The molecule has 5 aliphatic rings. The maximum atomic E-state index is 5.35. The lowest BCUT2D eigenvalue weighted by atomic mass is 9.81. The second kappa shape index (κ2) is 10.9. The van der Waals surface area contributed by atoms with Crippen molar-refractivity contribution >= 4 is 73.1 Å². The second-order valence-electron chi connectivity index (χ2n) is 16.5. The molecule has 4 aliphatic heterocycles. The molecular weight excluding hydrogens is 697 g/mol. The summed E-state index contributed by atoms with van der Waals surface area (Å²) in [5, 5.41) is 2.51. The van der Waals surface area contributed by atoms with Crippen LogP contribution in [0.25, 0.3) is 27.4 Å². The standard InChI is InChI=1S/C51H38N6/c1-50-38-24-12-16-28-42(38)56-44-30-33-18-10-9-17-32(33)29-43(44)54(34-19-5-3-6-20-34)49(56)51(50,2)46(50)37-31-45-55(35-21-7-4-8-22-35)47-48(53-40-26-14-13-25-39(40)52-47)57(45)41-27-15-11-23-36(37)41/h3-30,45,49H,31H2,1-2H3/b46-37+. The zero-order valence-electron chi connectivity index (χ0n) is 31.7. The third kappa shape index (κ3) is 3.85. The molecule has 6 nitrogen and oxygen atoms in total. The van der Waals surface area contributed by atoms with E-state index in [1.807, 2.05) is 0 Å². The molecule has 4 atom stereocenters. The Kier molecular flexibility index (Phi) is 5.98. The van der Waals surface area contributed by atoms with E-state index < -0.39 is 0 Å². The van der Waals surface area contributed by atoms with Gasteiger partial charge in [0.05, 0.1) is 28.1 Å². The van der Waals surface area contributed by atoms with E-state index in [1.165, 1.54) is 61.5 Å². The highest BCUT2D eigenvalue weighted by molar-refractivity contribution is 6.03. The van der Waals surface area contributed by atoms with Crippen molar-refractivity contribution in [2.24, 2.45) is 5.41 Å². The van der Waals surface area contributed by atoms with Crippen molar-refractivity contribution in [2.75, 3.05) is 19.6 Å². The topological polar surface area (TPSA) is 38.7 Å². The summed E-state index contributed by atoms with van der Waals surface area (Å²) in [7, 11) is 0. The first-order valence-electron chi connectivity index (χ1n) is 20.1. The van der Waals surface area contributed by atoms with Crippen LogP contribution in [0, 0.1) is 5.41 Å². The van der Waals surface area contributed by atoms with Gasteiger partial charge in [-0.05, 0) is 88.1 Å². The molecule has 0 radical (unpaired) electrons. The van der Waals surface area contributed by atoms with Crippen LogP contribution < -0.4 is 19.6 Å². The van der Waals surface area contributed by atoms with Crippen LogP contribution in [0.5, 0.6) is 0 Å². The lowest BCUT2D eigenvalue weighted by Crippen LogP contribution is -2.50. The highest BCUT2D eigenvalue weighted by Crippen LogP contribution is 2.80. The molecule has 13 rings (SSSR count). The van der Waals surface area contributed by atoms with Crippen LogP contribution in [0.4, 0.5) is 45.8 Å². The normalized spacial score (nSPS) is 24.7. The number of benzene rings is 7. The number of aromatic nitrogens is 2. The second-order valence-corrected chi connectivity index (χ2v) is 16.5. The lowest BCUT2D eigenvalue weighted by Gasteiger charge is -2.44. The molecule has 0 bridgehead atoms. The van der Waals surface area contributed by atoms with Crippen molar-refractivity contribution in [1.29, 1.82) is 0 Å². The molecule has 8 aromatic rings. The van der Waals surface area contributed by atoms with Gasteiger partial charge in [0.15, 0.2) is 11.6 Å². The molecule has 4 unspecified atom stereocenters. The number of hydrogen-bond donors (Lipinski definition) is 0. The Labute approximate surface area is 331 Å². The molecule has 0 amide bonds. The minimum Gasteiger partial charge on any atom is -0.317 e. The zero-order valence-corrected chi connectivity index (χ0v) is 31.7. The van der Waals surface area contributed by atoms with Gasteiger partial charge in [0.2, 0.25) is 0 Å². The summed E-state index contributed by atoms with van der Waals surface area (Å²) in [5.41, 5.74) is 14.3. The fourth-order valence-corrected chi connectivity index (χ4v) is 11.4. The third-order valence-corrected chi connectivity index (χ3v) is 13.9. The number of anilines is 8. The number of hydrogen-bond acceptors (Lipinski definition) is 6. The maximum absolute atomic E-state index is 5.35. The van der Waals surface area contributed by atoms with E-state index in [2.05, 4.69) is 203 Å². The van der Waals surface area contributed by atoms with E-state index >= 15 is 0 Å². The quantitative estimate of drug-likeness (QED) is 0.176. The molecule has 0 spiro atoms. The molecule has 272 valence electrons. The minimum absolute atomic E-state index is 0.0129. The van der Waals surface area contributed by atoms with Crippen LogP contribution in [0.2, 0.25) is 0 Å². The summed E-state index contributed by atoms with van der Waals surface area (Å²) in [6.45, 7) is 5.07. The first-order valence-corrected chi connectivity index (χ1v) is 20.1. The molecule has 7 aromatic carbocycles. The summed E-state index contributed by atoms with van der Waals surface area (Å²) in [6, 6.07) is 61.9. The van der Waals surface area contributed by atoms with Crippen LogP contribution in [-0.4, -0.2) is 22.3 Å². The van der Waals surface area contributed by atoms with Gasteiger partial charge in [-0.1, -0.05) is 123 Å². The maximum Gasteiger partial charge on any atom is 0.179 e. The predicted molar refractivity (Wildman–Crippen MR) is 232 cm³/mol. The van der Waals surface area contributed by atoms with Crippen molar-refractivity contribution < 1.29 is 0 Å². The largest absolute Gasteiger partial charge is 0.317 e. The summed E-state index contributed by atoms with van der Waals surface area (Å²) >= 11 is 0.